The van der Waals surface area contributed by atoms with E-state index < -0.39 is 0 Å². The van der Waals surface area contributed by atoms with E-state index in [1.807, 2.05) is 30.3 Å². The van der Waals surface area contributed by atoms with Crippen LogP contribution in [0.3, 0.4) is 0 Å². The minimum absolute atomic E-state index is 0.622. The van der Waals surface area contributed by atoms with Crippen LogP contribution in [-0.4, -0.2) is 35.4 Å². The number of para-hydroxylation sites is 2. The maximum absolute atomic E-state index is 5.27. The van der Waals surface area contributed by atoms with Gasteiger partial charge in [-0.15, -0.1) is 0 Å². The number of fused-ring (bicyclic) bond motifs is 1. The Bertz CT molecular complexity index is 752. The molecule has 0 N–H and O–H groups in total. The Morgan fingerprint density at radius 3 is 2.81 bits per heavy atom. The summed E-state index contributed by atoms with van der Waals surface area (Å²) in [5.41, 5.74) is 2.82. The molecule has 0 saturated heterocycles. The molecule has 2 aromatic heterocycles. The standard InChI is InChI=1S/C16H17N3O2/c1-20-10-9-19-15-6-4-3-5-13(15)18-16(19)14-11-12(21-2)7-8-17-14/h3-8,11H,9-10H2,1-2H3. The van der Waals surface area contributed by atoms with Crippen LogP contribution in [0, 0.1) is 0 Å². The average molecular weight is 283 g/mol. The normalized spacial score (nSPS) is 11.0. The molecule has 0 fully saturated rings. The Morgan fingerprint density at radius 1 is 1.14 bits per heavy atom. The predicted molar refractivity (Wildman–Crippen MR) is 81.4 cm³/mol. The van der Waals surface area contributed by atoms with Crippen LogP contribution in [0.5, 0.6) is 5.75 Å². The quantitative estimate of drug-likeness (QED) is 0.722. The Hall–Kier alpha value is -2.40. The van der Waals surface area contributed by atoms with Crippen molar-refractivity contribution in [3.63, 3.8) is 0 Å². The van der Waals surface area contributed by atoms with E-state index in [2.05, 4.69) is 15.6 Å². The van der Waals surface area contributed by atoms with E-state index in [1.165, 1.54) is 0 Å². The first-order valence-corrected chi connectivity index (χ1v) is 6.78. The van der Waals surface area contributed by atoms with Crippen LogP contribution in [-0.2, 0) is 11.3 Å². The van der Waals surface area contributed by atoms with Gasteiger partial charge in [0.2, 0.25) is 0 Å². The first kappa shape index (κ1) is 13.6. The fraction of sp³-hybridized carbons (Fsp3) is 0.250. The second-order valence-electron chi connectivity index (χ2n) is 4.65. The minimum Gasteiger partial charge on any atom is -0.497 e. The first-order valence-electron chi connectivity index (χ1n) is 6.78. The highest BCUT2D eigenvalue weighted by Crippen LogP contribution is 2.25. The molecule has 1 aromatic carbocycles. The molecule has 5 nitrogen and oxygen atoms in total. The zero-order valence-electron chi connectivity index (χ0n) is 12.1. The number of imidazole rings is 1. The molecule has 2 heterocycles. The molecule has 0 aliphatic heterocycles. The zero-order valence-corrected chi connectivity index (χ0v) is 12.1. The number of rotatable bonds is 5. The fourth-order valence-electron chi connectivity index (χ4n) is 2.34. The van der Waals surface area contributed by atoms with Crippen molar-refractivity contribution in [2.45, 2.75) is 6.54 Å². The number of hydrogen-bond acceptors (Lipinski definition) is 4. The van der Waals surface area contributed by atoms with Crippen molar-refractivity contribution < 1.29 is 9.47 Å². The molecule has 3 aromatic rings. The van der Waals surface area contributed by atoms with E-state index in [9.17, 15) is 0 Å². The molecule has 0 spiro atoms. The van der Waals surface area contributed by atoms with Crippen molar-refractivity contribution in [2.24, 2.45) is 0 Å². The number of hydrogen-bond donors (Lipinski definition) is 0. The first-order chi connectivity index (χ1) is 10.3. The minimum atomic E-state index is 0.622. The molecule has 0 aliphatic rings. The van der Waals surface area contributed by atoms with Gasteiger partial charge in [-0.25, -0.2) is 4.98 Å². The van der Waals surface area contributed by atoms with E-state index in [0.717, 1.165) is 34.8 Å². The van der Waals surface area contributed by atoms with Gasteiger partial charge < -0.3 is 14.0 Å². The summed E-state index contributed by atoms with van der Waals surface area (Å²) >= 11 is 0. The van der Waals surface area contributed by atoms with Gasteiger partial charge in [-0.05, 0) is 18.2 Å². The van der Waals surface area contributed by atoms with Crippen molar-refractivity contribution in [3.05, 3.63) is 42.6 Å². The Morgan fingerprint density at radius 2 is 2.00 bits per heavy atom. The highest BCUT2D eigenvalue weighted by Gasteiger charge is 2.13. The molecular formula is C16H17N3O2. The number of methoxy groups -OCH3 is 2. The number of aromatic nitrogens is 3. The van der Waals surface area contributed by atoms with E-state index in [1.54, 1.807) is 20.4 Å². The number of pyridine rings is 1. The van der Waals surface area contributed by atoms with Gasteiger partial charge in [0.1, 0.15) is 11.4 Å². The highest BCUT2D eigenvalue weighted by molar-refractivity contribution is 5.80. The second kappa shape index (κ2) is 5.93. The van der Waals surface area contributed by atoms with Crippen molar-refractivity contribution >= 4 is 11.0 Å². The molecule has 108 valence electrons. The lowest BCUT2D eigenvalue weighted by Gasteiger charge is -2.09. The Kier molecular flexibility index (Phi) is 3.83. The van der Waals surface area contributed by atoms with Crippen molar-refractivity contribution in [1.29, 1.82) is 0 Å². The lowest BCUT2D eigenvalue weighted by Crippen LogP contribution is -2.06. The number of ether oxygens (including phenoxy) is 2. The molecule has 0 aliphatic carbocycles. The molecule has 21 heavy (non-hydrogen) atoms. The topological polar surface area (TPSA) is 49.2 Å². The van der Waals surface area contributed by atoms with Gasteiger partial charge in [-0.3, -0.25) is 4.98 Å². The molecule has 0 unspecified atom stereocenters. The van der Waals surface area contributed by atoms with Crippen LogP contribution in [0.15, 0.2) is 42.6 Å². The molecule has 0 amide bonds. The molecule has 5 heteroatoms. The van der Waals surface area contributed by atoms with E-state index in [-0.39, 0.29) is 0 Å². The monoisotopic (exact) mass is 283 g/mol. The van der Waals surface area contributed by atoms with Gasteiger partial charge in [0.15, 0.2) is 5.82 Å². The summed E-state index contributed by atoms with van der Waals surface area (Å²) in [5.74, 6) is 1.59. The average Bonchev–Trinajstić information content (AvgIpc) is 2.91. The third-order valence-corrected chi connectivity index (χ3v) is 3.37. The van der Waals surface area contributed by atoms with Crippen molar-refractivity contribution in [2.75, 3.05) is 20.8 Å². The van der Waals surface area contributed by atoms with Gasteiger partial charge in [0.05, 0.1) is 24.8 Å². The summed E-state index contributed by atoms with van der Waals surface area (Å²) < 4.78 is 12.6. The van der Waals surface area contributed by atoms with E-state index in [4.69, 9.17) is 14.5 Å². The van der Waals surface area contributed by atoms with Crippen LogP contribution in [0.1, 0.15) is 0 Å². The van der Waals surface area contributed by atoms with Gasteiger partial charge in [0.25, 0.3) is 0 Å². The molecule has 0 bridgehead atoms. The van der Waals surface area contributed by atoms with Gasteiger partial charge in [-0.2, -0.15) is 0 Å². The number of nitrogens with zero attached hydrogens (tertiary/aromatic N) is 3. The third-order valence-electron chi connectivity index (χ3n) is 3.37. The van der Waals surface area contributed by atoms with Crippen LogP contribution in [0.2, 0.25) is 0 Å². The Balaban J connectivity index is 2.15. The molecule has 0 radical (unpaired) electrons. The van der Waals surface area contributed by atoms with Crippen molar-refractivity contribution in [3.8, 4) is 17.3 Å². The van der Waals surface area contributed by atoms with Crippen LogP contribution >= 0.6 is 0 Å². The van der Waals surface area contributed by atoms with Crippen molar-refractivity contribution in [1.82, 2.24) is 14.5 Å². The van der Waals surface area contributed by atoms with Gasteiger partial charge in [0, 0.05) is 25.9 Å². The van der Waals surface area contributed by atoms with E-state index in [0.29, 0.717) is 6.61 Å². The second-order valence-corrected chi connectivity index (χ2v) is 4.65. The maximum atomic E-state index is 5.27. The molecule has 3 rings (SSSR count). The summed E-state index contributed by atoms with van der Waals surface area (Å²) in [7, 11) is 3.34. The zero-order chi connectivity index (χ0) is 14.7. The Labute approximate surface area is 123 Å². The van der Waals surface area contributed by atoms with E-state index >= 15 is 0 Å². The number of benzene rings is 1. The molecular weight excluding hydrogens is 266 g/mol. The van der Waals surface area contributed by atoms with Crippen LogP contribution in [0.4, 0.5) is 0 Å². The lowest BCUT2D eigenvalue weighted by molar-refractivity contribution is 0.188. The SMILES string of the molecule is COCCn1c(-c2cc(OC)ccn2)nc2ccccc21. The summed E-state index contributed by atoms with van der Waals surface area (Å²) in [4.78, 5) is 9.12. The maximum Gasteiger partial charge on any atom is 0.160 e. The molecule has 0 atom stereocenters. The molecule has 0 saturated carbocycles. The predicted octanol–water partition coefficient (Wildman–Crippen LogP) is 2.75. The summed E-state index contributed by atoms with van der Waals surface area (Å²) in [5, 5.41) is 0. The van der Waals surface area contributed by atoms with Crippen LogP contribution < -0.4 is 4.74 Å². The summed E-state index contributed by atoms with van der Waals surface area (Å²) in [6.07, 6.45) is 1.73. The largest absolute Gasteiger partial charge is 0.497 e. The van der Waals surface area contributed by atoms with Gasteiger partial charge >= 0.3 is 0 Å². The highest BCUT2D eigenvalue weighted by atomic mass is 16.5. The third kappa shape index (κ3) is 2.60. The van der Waals surface area contributed by atoms with Crippen LogP contribution in [0.25, 0.3) is 22.6 Å². The summed E-state index contributed by atoms with van der Waals surface area (Å²) in [6.45, 7) is 1.35. The lowest BCUT2D eigenvalue weighted by atomic mass is 10.3. The fourth-order valence-corrected chi connectivity index (χ4v) is 2.34. The summed E-state index contributed by atoms with van der Waals surface area (Å²) in [6, 6.07) is 11.8. The smallest absolute Gasteiger partial charge is 0.160 e. The van der Waals surface area contributed by atoms with Gasteiger partial charge in [-0.1, -0.05) is 12.1 Å².